The average molecular weight is 585 g/mol. The maximum atomic E-state index is 13.5. The Morgan fingerprint density at radius 3 is 1.88 bits per heavy atom. The predicted octanol–water partition coefficient (Wildman–Crippen LogP) is -0.562. The number of phenols is 1. The molecule has 0 saturated heterocycles. The molecule has 0 aliphatic carbocycles. The van der Waals surface area contributed by atoms with Crippen molar-refractivity contribution < 1.29 is 34.2 Å². The molecule has 228 valence electrons. The molecule has 0 spiro atoms. The van der Waals surface area contributed by atoms with E-state index in [0.29, 0.717) is 24.9 Å². The SMILES string of the molecule is NCCCCC(NC(=O)C(N)Cc1ccccc1)C(=O)NC(Cc1ccc(O)cc1)C(=O)NC(CCC(N)=O)C(=O)O. The fourth-order valence-electron chi connectivity index (χ4n) is 4.17. The van der Waals surface area contributed by atoms with Crippen LogP contribution in [-0.4, -0.2) is 70.5 Å². The number of benzene rings is 2. The number of aliphatic carboxylic acids is 1. The molecule has 42 heavy (non-hydrogen) atoms. The van der Waals surface area contributed by atoms with Crippen molar-refractivity contribution in [3.05, 3.63) is 65.7 Å². The Balaban J connectivity index is 2.23. The van der Waals surface area contributed by atoms with Crippen LogP contribution < -0.4 is 33.2 Å². The summed E-state index contributed by atoms with van der Waals surface area (Å²) in [5.41, 5.74) is 18.2. The molecule has 4 unspecified atom stereocenters. The van der Waals surface area contributed by atoms with E-state index in [1.165, 1.54) is 12.1 Å². The van der Waals surface area contributed by atoms with Gasteiger partial charge in [-0.3, -0.25) is 19.2 Å². The van der Waals surface area contributed by atoms with Crippen molar-refractivity contribution in [1.29, 1.82) is 0 Å². The van der Waals surface area contributed by atoms with Gasteiger partial charge in [-0.25, -0.2) is 4.79 Å². The molecule has 0 radical (unpaired) electrons. The third kappa shape index (κ3) is 11.9. The topological polar surface area (TPSA) is 240 Å². The van der Waals surface area contributed by atoms with Crippen molar-refractivity contribution in [2.24, 2.45) is 17.2 Å². The average Bonchev–Trinajstić information content (AvgIpc) is 2.95. The van der Waals surface area contributed by atoms with Crippen molar-refractivity contribution in [1.82, 2.24) is 16.0 Å². The molecular weight excluding hydrogens is 544 g/mol. The molecule has 2 rings (SSSR count). The molecule has 13 nitrogen and oxygen atoms in total. The Hall–Kier alpha value is -4.49. The van der Waals surface area contributed by atoms with Crippen molar-refractivity contribution in [3.63, 3.8) is 0 Å². The highest BCUT2D eigenvalue weighted by molar-refractivity contribution is 5.94. The molecule has 0 aliphatic rings. The second-order valence-electron chi connectivity index (χ2n) is 9.98. The van der Waals surface area contributed by atoms with E-state index in [-0.39, 0.29) is 37.9 Å². The lowest BCUT2D eigenvalue weighted by atomic mass is 10.0. The number of carboxylic acids is 1. The molecule has 0 aromatic heterocycles. The lowest BCUT2D eigenvalue weighted by Crippen LogP contribution is -2.57. The molecule has 0 saturated carbocycles. The third-order valence-electron chi connectivity index (χ3n) is 6.52. The van der Waals surface area contributed by atoms with Gasteiger partial charge >= 0.3 is 5.97 Å². The summed E-state index contributed by atoms with van der Waals surface area (Å²) in [4.78, 5) is 62.5. The van der Waals surface area contributed by atoms with Gasteiger partial charge in [0.15, 0.2) is 0 Å². The van der Waals surface area contributed by atoms with E-state index >= 15 is 0 Å². The summed E-state index contributed by atoms with van der Waals surface area (Å²) in [6.45, 7) is 0.379. The van der Waals surface area contributed by atoms with Crippen molar-refractivity contribution in [2.75, 3.05) is 6.54 Å². The number of amides is 4. The van der Waals surface area contributed by atoms with E-state index in [1.54, 1.807) is 12.1 Å². The Morgan fingerprint density at radius 2 is 1.29 bits per heavy atom. The molecule has 13 heteroatoms. The first-order chi connectivity index (χ1) is 20.0. The Bertz CT molecular complexity index is 1190. The zero-order chi connectivity index (χ0) is 31.1. The molecule has 4 amide bonds. The zero-order valence-corrected chi connectivity index (χ0v) is 23.3. The first-order valence-electron chi connectivity index (χ1n) is 13.7. The number of phenolic OH excluding ortho intramolecular Hbond substituents is 1. The number of carboxylic acid groups (broad SMARTS) is 1. The van der Waals surface area contributed by atoms with Crippen LogP contribution in [0.15, 0.2) is 54.6 Å². The van der Waals surface area contributed by atoms with Crippen LogP contribution in [-0.2, 0) is 36.8 Å². The summed E-state index contributed by atoms with van der Waals surface area (Å²) >= 11 is 0. The number of primary amides is 1. The molecule has 2 aromatic carbocycles. The normalized spacial score (nSPS) is 13.7. The summed E-state index contributed by atoms with van der Waals surface area (Å²) in [5, 5.41) is 26.8. The Morgan fingerprint density at radius 1 is 0.714 bits per heavy atom. The lowest BCUT2D eigenvalue weighted by Gasteiger charge is -2.25. The number of unbranched alkanes of at least 4 members (excludes halogenated alkanes) is 1. The molecule has 0 fully saturated rings. The summed E-state index contributed by atoms with van der Waals surface area (Å²) in [7, 11) is 0. The molecule has 0 aliphatic heterocycles. The minimum atomic E-state index is -1.43. The maximum absolute atomic E-state index is 13.5. The second kappa shape index (κ2) is 17.4. The van der Waals surface area contributed by atoms with E-state index in [4.69, 9.17) is 17.2 Å². The minimum Gasteiger partial charge on any atom is -0.508 e. The first kappa shape index (κ1) is 33.7. The summed E-state index contributed by atoms with van der Waals surface area (Å²) in [6, 6.07) is 10.4. The number of hydrogen-bond donors (Lipinski definition) is 8. The van der Waals surface area contributed by atoms with Gasteiger partial charge in [0.1, 0.15) is 23.9 Å². The zero-order valence-electron chi connectivity index (χ0n) is 23.3. The van der Waals surface area contributed by atoms with E-state index in [1.807, 2.05) is 30.3 Å². The Labute approximate surface area is 244 Å². The van der Waals surface area contributed by atoms with Gasteiger partial charge in [-0.2, -0.15) is 0 Å². The highest BCUT2D eigenvalue weighted by Crippen LogP contribution is 2.13. The van der Waals surface area contributed by atoms with Crippen LogP contribution in [0.5, 0.6) is 5.75 Å². The van der Waals surface area contributed by atoms with E-state index in [2.05, 4.69) is 16.0 Å². The lowest BCUT2D eigenvalue weighted by molar-refractivity contribution is -0.142. The summed E-state index contributed by atoms with van der Waals surface area (Å²) in [6.07, 6.45) is 0.989. The van der Waals surface area contributed by atoms with Crippen LogP contribution >= 0.6 is 0 Å². The van der Waals surface area contributed by atoms with Gasteiger partial charge in [-0.15, -0.1) is 0 Å². The van der Waals surface area contributed by atoms with Crippen molar-refractivity contribution >= 4 is 29.6 Å². The van der Waals surface area contributed by atoms with Gasteiger partial charge in [-0.05, 0) is 61.9 Å². The number of rotatable bonds is 18. The van der Waals surface area contributed by atoms with Crippen molar-refractivity contribution in [2.45, 2.75) is 69.1 Å². The monoisotopic (exact) mass is 584 g/mol. The number of carbonyl (C=O) groups excluding carboxylic acids is 4. The first-order valence-corrected chi connectivity index (χ1v) is 13.7. The largest absolute Gasteiger partial charge is 0.508 e. The smallest absolute Gasteiger partial charge is 0.326 e. The maximum Gasteiger partial charge on any atom is 0.326 e. The standard InChI is InChI=1S/C29H40N6O7/c30-15-5-4-8-22(33-26(38)21(31)16-18-6-2-1-3-7-18)27(39)35-24(17-19-9-11-20(36)12-10-19)28(40)34-23(29(41)42)13-14-25(32)37/h1-3,6-7,9-12,21-24,36H,4-5,8,13-17,30-31H2,(H2,32,37)(H,33,38)(H,34,40)(H,35,39)(H,41,42). The molecule has 0 bridgehead atoms. The molecule has 4 atom stereocenters. The van der Waals surface area contributed by atoms with Gasteiger partial charge in [-0.1, -0.05) is 42.5 Å². The minimum absolute atomic E-state index is 0.00398. The number of hydrogen-bond acceptors (Lipinski definition) is 8. The number of nitrogens with two attached hydrogens (primary N) is 3. The van der Waals surface area contributed by atoms with Gasteiger partial charge in [0, 0.05) is 12.8 Å². The number of carbonyl (C=O) groups is 5. The molecule has 2 aromatic rings. The van der Waals surface area contributed by atoms with Crippen LogP contribution in [0.25, 0.3) is 0 Å². The van der Waals surface area contributed by atoms with Gasteiger partial charge in [0.05, 0.1) is 6.04 Å². The van der Waals surface area contributed by atoms with Crippen LogP contribution in [0.4, 0.5) is 0 Å². The fourth-order valence-corrected chi connectivity index (χ4v) is 4.17. The van der Waals surface area contributed by atoms with E-state index in [0.717, 1.165) is 5.56 Å². The second-order valence-corrected chi connectivity index (χ2v) is 9.98. The number of aromatic hydroxyl groups is 1. The van der Waals surface area contributed by atoms with Gasteiger partial charge in [0.25, 0.3) is 0 Å². The van der Waals surface area contributed by atoms with E-state index in [9.17, 15) is 34.2 Å². The quantitative estimate of drug-likeness (QED) is 0.105. The third-order valence-corrected chi connectivity index (χ3v) is 6.52. The predicted molar refractivity (Wildman–Crippen MR) is 155 cm³/mol. The van der Waals surface area contributed by atoms with Crippen molar-refractivity contribution in [3.8, 4) is 5.75 Å². The van der Waals surface area contributed by atoms with Gasteiger partial charge < -0.3 is 43.4 Å². The number of nitrogens with one attached hydrogen (secondary N) is 3. The highest BCUT2D eigenvalue weighted by atomic mass is 16.4. The van der Waals surface area contributed by atoms with Gasteiger partial charge in [0.2, 0.25) is 23.6 Å². The summed E-state index contributed by atoms with van der Waals surface area (Å²) in [5.74, 6) is -4.15. The molecular formula is C29H40N6O7. The van der Waals surface area contributed by atoms with Crippen LogP contribution in [0.1, 0.15) is 43.2 Å². The fraction of sp³-hybridized carbons (Fsp3) is 0.414. The highest BCUT2D eigenvalue weighted by Gasteiger charge is 2.30. The van der Waals surface area contributed by atoms with Crippen LogP contribution in [0.2, 0.25) is 0 Å². The molecule has 11 N–H and O–H groups in total. The van der Waals surface area contributed by atoms with Crippen LogP contribution in [0.3, 0.4) is 0 Å². The van der Waals surface area contributed by atoms with Crippen LogP contribution in [0, 0.1) is 0 Å². The van der Waals surface area contributed by atoms with E-state index < -0.39 is 53.8 Å². The summed E-state index contributed by atoms with van der Waals surface area (Å²) < 4.78 is 0. The molecule has 0 heterocycles. The Kier molecular flexibility index (Phi) is 13.9.